The van der Waals surface area contributed by atoms with Gasteiger partial charge in [0, 0.05) is 69.5 Å². The van der Waals surface area contributed by atoms with Crippen LogP contribution in [0.15, 0.2) is 94.3 Å². The Hall–Kier alpha value is -3.26. The van der Waals surface area contributed by atoms with E-state index in [-0.39, 0.29) is 52.6 Å². The van der Waals surface area contributed by atoms with Crippen molar-refractivity contribution in [3.63, 3.8) is 0 Å². The summed E-state index contributed by atoms with van der Waals surface area (Å²) in [5.41, 5.74) is 1.80. The molecule has 0 aliphatic heterocycles. The SMILES string of the molecule is CC(C)OB(OC(C)C)OC(C)C.C[C@H](O)CNC(=O)c1cnccc1Nc1cc(-c2cc(Cl)ccc2F)ncc1Br.Fc1ccc(Cl)cc1Br.OB(O)c1cc(Cl)ccc1F. The highest BCUT2D eigenvalue weighted by molar-refractivity contribution is 9.10. The number of aliphatic hydroxyl groups excluding tert-OH is 1. The van der Waals surface area contributed by atoms with E-state index in [2.05, 4.69) is 52.5 Å². The van der Waals surface area contributed by atoms with Crippen LogP contribution in [-0.2, 0) is 14.0 Å². The maximum atomic E-state index is 14.2. The van der Waals surface area contributed by atoms with E-state index in [0.29, 0.717) is 41.6 Å². The van der Waals surface area contributed by atoms with Crippen LogP contribution in [0.1, 0.15) is 58.8 Å². The minimum absolute atomic E-state index is 0.113. The average Bonchev–Trinajstić information content (AvgIpc) is 3.18. The summed E-state index contributed by atoms with van der Waals surface area (Å²) in [6, 6.07) is 15.4. The first-order valence-electron chi connectivity index (χ1n) is 18.7. The molecular weight excluding hydrogens is 1010 g/mol. The van der Waals surface area contributed by atoms with Crippen molar-refractivity contribution in [3.8, 4) is 11.3 Å². The fraction of sp³-hybridized carbons (Fsp3) is 0.293. The van der Waals surface area contributed by atoms with Crippen LogP contribution in [0, 0.1) is 17.5 Å². The van der Waals surface area contributed by atoms with Crippen LogP contribution in [0.5, 0.6) is 0 Å². The van der Waals surface area contributed by atoms with Crippen molar-refractivity contribution >= 4 is 104 Å². The second-order valence-electron chi connectivity index (χ2n) is 13.7. The number of aromatic nitrogens is 2. The third-order valence-corrected chi connectivity index (χ3v) is 9.17. The summed E-state index contributed by atoms with van der Waals surface area (Å²) in [4.78, 5) is 20.7. The summed E-state index contributed by atoms with van der Waals surface area (Å²) in [5.74, 6) is -1.80. The van der Waals surface area contributed by atoms with Crippen LogP contribution in [0.25, 0.3) is 11.3 Å². The molecule has 0 aliphatic rings. The average molecular weight is 1050 g/mol. The fourth-order valence-electron chi connectivity index (χ4n) is 4.49. The Kier molecular flexibility index (Phi) is 24.6. The van der Waals surface area contributed by atoms with E-state index in [1.54, 1.807) is 25.3 Å². The minimum atomic E-state index is -1.81. The lowest BCUT2D eigenvalue weighted by Gasteiger charge is -2.20. The zero-order chi connectivity index (χ0) is 46.7. The first kappa shape index (κ1) is 54.9. The second kappa shape index (κ2) is 27.8. The number of amides is 1. The van der Waals surface area contributed by atoms with Gasteiger partial charge < -0.3 is 39.8 Å². The monoisotopic (exact) mass is 1050 g/mol. The molecule has 5 N–H and O–H groups in total. The van der Waals surface area contributed by atoms with E-state index < -0.39 is 32.2 Å². The Balaban J connectivity index is 0.000000330. The van der Waals surface area contributed by atoms with E-state index in [1.165, 1.54) is 60.9 Å². The zero-order valence-electron chi connectivity index (χ0n) is 34.6. The van der Waals surface area contributed by atoms with Crippen molar-refractivity contribution in [2.45, 2.75) is 72.9 Å². The Labute approximate surface area is 392 Å². The van der Waals surface area contributed by atoms with Gasteiger partial charge >= 0.3 is 14.4 Å². The van der Waals surface area contributed by atoms with E-state index >= 15 is 0 Å². The molecule has 62 heavy (non-hydrogen) atoms. The molecule has 334 valence electrons. The number of carbonyl (C=O) groups is 1. The third kappa shape index (κ3) is 20.5. The van der Waals surface area contributed by atoms with Crippen LogP contribution in [0.2, 0.25) is 15.1 Å². The van der Waals surface area contributed by atoms with Crippen molar-refractivity contribution in [1.29, 1.82) is 0 Å². The highest BCUT2D eigenvalue weighted by Gasteiger charge is 2.25. The smallest absolute Gasteiger partial charge is 0.423 e. The lowest BCUT2D eigenvalue weighted by molar-refractivity contribution is 0.0334. The van der Waals surface area contributed by atoms with Gasteiger partial charge in [0.2, 0.25) is 0 Å². The summed E-state index contributed by atoms with van der Waals surface area (Å²) < 4.78 is 56.6. The summed E-state index contributed by atoms with van der Waals surface area (Å²) in [6.45, 7) is 13.4. The third-order valence-electron chi connectivity index (χ3n) is 7.22. The molecule has 0 bridgehead atoms. The van der Waals surface area contributed by atoms with Crippen molar-refractivity contribution in [2.24, 2.45) is 0 Å². The van der Waals surface area contributed by atoms with Gasteiger partial charge in [-0.2, -0.15) is 0 Å². The number of benzene rings is 3. The first-order chi connectivity index (χ1) is 29.1. The van der Waals surface area contributed by atoms with Gasteiger partial charge in [-0.3, -0.25) is 14.8 Å². The van der Waals surface area contributed by atoms with Crippen molar-refractivity contribution in [3.05, 3.63) is 132 Å². The van der Waals surface area contributed by atoms with Gasteiger partial charge in [0.1, 0.15) is 17.5 Å². The largest absolute Gasteiger partial charge is 0.639 e. The van der Waals surface area contributed by atoms with Crippen molar-refractivity contribution in [2.75, 3.05) is 11.9 Å². The Morgan fingerprint density at radius 2 is 1.26 bits per heavy atom. The molecule has 0 spiro atoms. The van der Waals surface area contributed by atoms with E-state index in [4.69, 9.17) is 58.8 Å². The molecule has 2 aromatic heterocycles. The molecular formula is C41H46B2Br2Cl3F3N4O7. The van der Waals surface area contributed by atoms with E-state index in [0.717, 1.165) is 6.07 Å². The van der Waals surface area contributed by atoms with Crippen molar-refractivity contribution in [1.82, 2.24) is 15.3 Å². The summed E-state index contributed by atoms with van der Waals surface area (Å²) in [6.07, 6.45) is 4.17. The molecule has 0 saturated heterocycles. The van der Waals surface area contributed by atoms with Crippen LogP contribution >= 0.6 is 66.7 Å². The number of hydrogen-bond acceptors (Lipinski definition) is 10. The first-order valence-corrected chi connectivity index (χ1v) is 21.5. The highest BCUT2D eigenvalue weighted by atomic mass is 79.9. The molecule has 1 atom stereocenters. The molecule has 0 aliphatic carbocycles. The number of halogens is 8. The molecule has 0 saturated carbocycles. The van der Waals surface area contributed by atoms with Gasteiger partial charge in [0.15, 0.2) is 0 Å². The number of aliphatic hydroxyl groups is 1. The maximum absolute atomic E-state index is 14.2. The van der Waals surface area contributed by atoms with E-state index in [9.17, 15) is 23.1 Å². The molecule has 21 heteroatoms. The molecule has 1 amide bonds. The van der Waals surface area contributed by atoms with Gasteiger partial charge in [-0.25, -0.2) is 13.2 Å². The molecule has 0 unspecified atom stereocenters. The Morgan fingerprint density at radius 1 is 0.726 bits per heavy atom. The number of pyridine rings is 2. The molecule has 5 rings (SSSR count). The van der Waals surface area contributed by atoms with Crippen LogP contribution in [0.4, 0.5) is 24.5 Å². The van der Waals surface area contributed by atoms with Gasteiger partial charge in [-0.15, -0.1) is 0 Å². The van der Waals surface area contributed by atoms with Gasteiger partial charge in [-0.1, -0.05) is 34.8 Å². The molecule has 0 radical (unpaired) electrons. The van der Waals surface area contributed by atoms with Gasteiger partial charge in [0.25, 0.3) is 5.91 Å². The number of hydrogen-bond donors (Lipinski definition) is 5. The standard InChI is InChI=1S/C20H17BrClFN4O2.C9H21BO3.C6H5BClFO2.C6H3BrClF/c1-11(28)8-26-20(29)14-9-24-5-4-17(14)27-19-7-18(25-10-15(19)21)13-6-12(22)2-3-16(13)23;1-7(2)11-10(12-8(3)4)13-9(5)6;8-4-1-2-6(9)5(3-4)7(10)11;7-5-3-4(8)1-2-6(5)9/h2-7,9-11,28H,8H2,1H3,(H,26,29)(H,24,25,27);7-9H,1-6H3;1-3,10-11H;1-3H/t11-;;;/m0.../s1. The Morgan fingerprint density at radius 3 is 1.76 bits per heavy atom. The summed E-state index contributed by atoms with van der Waals surface area (Å²) >= 11 is 23.4. The predicted molar refractivity (Wildman–Crippen MR) is 249 cm³/mol. The second-order valence-corrected chi connectivity index (χ2v) is 16.7. The number of nitrogens with one attached hydrogen (secondary N) is 2. The number of anilines is 2. The van der Waals surface area contributed by atoms with Gasteiger partial charge in [-0.05, 0) is 147 Å². The Bertz CT molecular complexity index is 2160. The summed E-state index contributed by atoms with van der Waals surface area (Å²) in [7, 11) is -2.35. The molecule has 2 heterocycles. The van der Waals surface area contributed by atoms with Crippen molar-refractivity contribution < 1.29 is 47.1 Å². The van der Waals surface area contributed by atoms with E-state index in [1.807, 2.05) is 41.5 Å². The van der Waals surface area contributed by atoms with Gasteiger partial charge in [0.05, 0.1) is 37.7 Å². The predicted octanol–water partition coefficient (Wildman–Crippen LogP) is 10.2. The van der Waals surface area contributed by atoms with Crippen LogP contribution in [0.3, 0.4) is 0 Å². The fourth-order valence-corrected chi connectivity index (χ4v) is 5.84. The van der Waals surface area contributed by atoms with Crippen LogP contribution < -0.4 is 16.1 Å². The number of nitrogens with zero attached hydrogens (tertiary/aromatic N) is 2. The summed E-state index contributed by atoms with van der Waals surface area (Å²) in [5, 5.41) is 33.5. The lowest BCUT2D eigenvalue weighted by Crippen LogP contribution is -2.34. The molecule has 5 aromatic rings. The van der Waals surface area contributed by atoms with Crippen LogP contribution in [-0.4, -0.2) is 76.4 Å². The highest BCUT2D eigenvalue weighted by Crippen LogP contribution is 2.32. The maximum Gasteiger partial charge on any atom is 0.639 e. The lowest BCUT2D eigenvalue weighted by atomic mass is 9.80. The molecule has 11 nitrogen and oxygen atoms in total. The normalized spacial score (nSPS) is 11.1. The number of carbonyl (C=O) groups excluding carboxylic acids is 1. The minimum Gasteiger partial charge on any atom is -0.423 e. The molecule has 3 aromatic carbocycles. The quantitative estimate of drug-likeness (QED) is 0.0569. The molecule has 0 fully saturated rings. The number of rotatable bonds is 13. The topological polar surface area (TPSA) is 155 Å². The zero-order valence-corrected chi connectivity index (χ0v) is 40.1.